The van der Waals surface area contributed by atoms with Crippen LogP contribution in [0.2, 0.25) is 5.02 Å². The quantitative estimate of drug-likeness (QED) is 0.540. The summed E-state index contributed by atoms with van der Waals surface area (Å²) in [5.74, 6) is 1.09. The second-order valence-corrected chi connectivity index (χ2v) is 10.2. The molecule has 2 aliphatic heterocycles. The third-order valence-corrected chi connectivity index (χ3v) is 8.14. The number of piperidine rings is 1. The number of hydrogen-bond donors (Lipinski definition) is 0. The number of benzene rings is 1. The molecule has 0 aliphatic carbocycles. The molecule has 1 atom stereocenters. The Kier molecular flexibility index (Phi) is 5.95. The van der Waals surface area contributed by atoms with E-state index in [0.29, 0.717) is 19.1 Å². The molecular formula is C24H28ClN5OS. The minimum Gasteiger partial charge on any atom is -0.368 e. The lowest BCUT2D eigenvalue weighted by atomic mass is 10.0. The number of aromatic nitrogens is 2. The molecule has 1 aromatic carbocycles. The average molecular weight is 470 g/mol. The molecule has 0 unspecified atom stereocenters. The Balaban J connectivity index is 1.38. The zero-order chi connectivity index (χ0) is 22.2. The Morgan fingerprint density at radius 1 is 1.12 bits per heavy atom. The van der Waals surface area contributed by atoms with E-state index in [4.69, 9.17) is 11.6 Å². The minimum absolute atomic E-state index is 0.105. The van der Waals surface area contributed by atoms with Crippen LogP contribution in [0.5, 0.6) is 0 Å². The fraction of sp³-hybridized carbons (Fsp3) is 0.458. The van der Waals surface area contributed by atoms with Crippen molar-refractivity contribution in [1.29, 1.82) is 0 Å². The summed E-state index contributed by atoms with van der Waals surface area (Å²) >= 11 is 7.66. The van der Waals surface area contributed by atoms with Crippen LogP contribution in [0, 0.1) is 6.92 Å². The standard InChI is InChI=1S/C24H28ClN5OS/c1-16-6-3-4-9-30(16)22-20-17(2)21(32-23(20)27-15-26-22)24(31)29-12-10-28(11-13-29)19-8-5-7-18(25)14-19/h5,7-8,14-16H,3-4,6,9-13H2,1-2H3/t16-/m1/s1. The maximum atomic E-state index is 13.5. The van der Waals surface area contributed by atoms with Gasteiger partial charge < -0.3 is 14.7 Å². The number of hydrogen-bond acceptors (Lipinski definition) is 6. The van der Waals surface area contributed by atoms with Gasteiger partial charge in [-0.15, -0.1) is 11.3 Å². The fourth-order valence-electron chi connectivity index (χ4n) is 4.87. The molecule has 0 radical (unpaired) electrons. The monoisotopic (exact) mass is 469 g/mol. The van der Waals surface area contributed by atoms with Crippen molar-refractivity contribution in [3.63, 3.8) is 0 Å². The molecule has 32 heavy (non-hydrogen) atoms. The van der Waals surface area contributed by atoms with Gasteiger partial charge in [-0.25, -0.2) is 9.97 Å². The van der Waals surface area contributed by atoms with Gasteiger partial charge in [0, 0.05) is 49.5 Å². The first kappa shape index (κ1) is 21.5. The predicted molar refractivity (Wildman–Crippen MR) is 132 cm³/mol. The van der Waals surface area contributed by atoms with Gasteiger partial charge in [0.15, 0.2) is 0 Å². The lowest BCUT2D eigenvalue weighted by Crippen LogP contribution is -2.48. The van der Waals surface area contributed by atoms with Gasteiger partial charge in [0.25, 0.3) is 5.91 Å². The summed E-state index contributed by atoms with van der Waals surface area (Å²) in [6.45, 7) is 8.31. The summed E-state index contributed by atoms with van der Waals surface area (Å²) in [6.07, 6.45) is 5.27. The van der Waals surface area contributed by atoms with Gasteiger partial charge in [0.2, 0.25) is 0 Å². The van der Waals surface area contributed by atoms with E-state index in [1.807, 2.05) is 23.1 Å². The Morgan fingerprint density at radius 3 is 2.69 bits per heavy atom. The Hall–Kier alpha value is -2.38. The van der Waals surface area contributed by atoms with Crippen molar-refractivity contribution < 1.29 is 4.79 Å². The van der Waals surface area contributed by atoms with Crippen molar-refractivity contribution in [3.05, 3.63) is 46.1 Å². The lowest BCUT2D eigenvalue weighted by molar-refractivity contribution is 0.0751. The Bertz CT molecular complexity index is 1140. The van der Waals surface area contributed by atoms with E-state index in [0.717, 1.165) is 56.8 Å². The molecule has 5 rings (SSSR count). The lowest BCUT2D eigenvalue weighted by Gasteiger charge is -2.36. The highest BCUT2D eigenvalue weighted by Crippen LogP contribution is 2.37. The van der Waals surface area contributed by atoms with E-state index in [1.54, 1.807) is 6.33 Å². The van der Waals surface area contributed by atoms with Crippen LogP contribution >= 0.6 is 22.9 Å². The summed E-state index contributed by atoms with van der Waals surface area (Å²) in [4.78, 5) is 31.0. The highest BCUT2D eigenvalue weighted by Gasteiger charge is 2.29. The number of carbonyl (C=O) groups is 1. The topological polar surface area (TPSA) is 52.6 Å². The van der Waals surface area contributed by atoms with Crippen LogP contribution < -0.4 is 9.80 Å². The van der Waals surface area contributed by atoms with Gasteiger partial charge in [-0.2, -0.15) is 0 Å². The van der Waals surface area contributed by atoms with E-state index < -0.39 is 0 Å². The smallest absolute Gasteiger partial charge is 0.264 e. The average Bonchev–Trinajstić information content (AvgIpc) is 3.16. The van der Waals surface area contributed by atoms with Crippen molar-refractivity contribution in [2.45, 2.75) is 39.2 Å². The summed E-state index contributed by atoms with van der Waals surface area (Å²) in [5.41, 5.74) is 2.12. The molecular weight excluding hydrogens is 442 g/mol. The number of aryl methyl sites for hydroxylation is 1. The number of rotatable bonds is 3. The number of thiophene rings is 1. The van der Waals surface area contributed by atoms with E-state index in [-0.39, 0.29) is 5.91 Å². The summed E-state index contributed by atoms with van der Waals surface area (Å²) in [7, 11) is 0. The molecule has 2 aromatic heterocycles. The second-order valence-electron chi connectivity index (χ2n) is 8.73. The SMILES string of the molecule is Cc1c(C(=O)N2CCN(c3cccc(Cl)c3)CC2)sc2ncnc(N3CCCC[C@H]3C)c12. The molecule has 0 spiro atoms. The predicted octanol–water partition coefficient (Wildman–Crippen LogP) is 4.99. The molecule has 6 nitrogen and oxygen atoms in total. The van der Waals surface area contributed by atoms with Crippen molar-refractivity contribution in [3.8, 4) is 0 Å². The van der Waals surface area contributed by atoms with Gasteiger partial charge in [-0.1, -0.05) is 17.7 Å². The molecule has 2 fully saturated rings. The van der Waals surface area contributed by atoms with Crippen LogP contribution in [0.1, 0.15) is 41.4 Å². The molecule has 3 aromatic rings. The van der Waals surface area contributed by atoms with Crippen LogP contribution in [0.4, 0.5) is 11.5 Å². The van der Waals surface area contributed by atoms with Crippen molar-refractivity contribution >= 4 is 50.6 Å². The van der Waals surface area contributed by atoms with Crippen molar-refractivity contribution in [2.75, 3.05) is 42.5 Å². The number of nitrogens with zero attached hydrogens (tertiary/aromatic N) is 5. The highest BCUT2D eigenvalue weighted by molar-refractivity contribution is 7.20. The summed E-state index contributed by atoms with van der Waals surface area (Å²) in [6, 6.07) is 8.37. The molecule has 2 saturated heterocycles. The number of piperazine rings is 1. The number of anilines is 2. The van der Waals surface area contributed by atoms with Crippen LogP contribution in [0.15, 0.2) is 30.6 Å². The van der Waals surface area contributed by atoms with Crippen molar-refractivity contribution in [1.82, 2.24) is 14.9 Å². The Labute approximate surface area is 197 Å². The van der Waals surface area contributed by atoms with E-state index >= 15 is 0 Å². The molecule has 168 valence electrons. The molecule has 2 aliphatic rings. The summed E-state index contributed by atoms with van der Waals surface area (Å²) in [5, 5.41) is 1.79. The van der Waals surface area contributed by atoms with E-state index in [9.17, 15) is 4.79 Å². The normalized spacial score (nSPS) is 19.6. The van der Waals surface area contributed by atoms with E-state index in [2.05, 4.69) is 39.7 Å². The molecule has 0 bridgehead atoms. The molecule has 8 heteroatoms. The first-order valence-corrected chi connectivity index (χ1v) is 12.5. The van der Waals surface area contributed by atoms with Crippen LogP contribution in [-0.2, 0) is 0 Å². The molecule has 4 heterocycles. The van der Waals surface area contributed by atoms with Crippen molar-refractivity contribution in [2.24, 2.45) is 0 Å². The third kappa shape index (κ3) is 3.92. The molecule has 0 N–H and O–H groups in total. The van der Waals surface area contributed by atoms with E-state index in [1.165, 1.54) is 30.6 Å². The van der Waals surface area contributed by atoms with Gasteiger partial charge in [-0.3, -0.25) is 4.79 Å². The Morgan fingerprint density at radius 2 is 1.94 bits per heavy atom. The first-order valence-electron chi connectivity index (χ1n) is 11.3. The zero-order valence-corrected chi connectivity index (χ0v) is 20.1. The minimum atomic E-state index is 0.105. The largest absolute Gasteiger partial charge is 0.368 e. The van der Waals surface area contributed by atoms with Gasteiger partial charge >= 0.3 is 0 Å². The van der Waals surface area contributed by atoms with Crippen LogP contribution in [0.3, 0.4) is 0 Å². The van der Waals surface area contributed by atoms with Gasteiger partial charge in [0.1, 0.15) is 17.0 Å². The van der Waals surface area contributed by atoms with Gasteiger partial charge in [0.05, 0.1) is 10.3 Å². The highest BCUT2D eigenvalue weighted by atomic mass is 35.5. The fourth-order valence-corrected chi connectivity index (χ4v) is 6.17. The third-order valence-electron chi connectivity index (χ3n) is 6.72. The van der Waals surface area contributed by atoms with Crippen LogP contribution in [0.25, 0.3) is 10.2 Å². The number of halogens is 1. The number of amides is 1. The molecule has 0 saturated carbocycles. The first-order chi connectivity index (χ1) is 15.5. The van der Waals surface area contributed by atoms with Gasteiger partial charge in [-0.05, 0) is 56.9 Å². The number of carbonyl (C=O) groups excluding carboxylic acids is 1. The summed E-state index contributed by atoms with van der Waals surface area (Å²) < 4.78 is 0. The van der Waals surface area contributed by atoms with Crippen LogP contribution in [-0.4, -0.2) is 59.5 Å². The maximum absolute atomic E-state index is 13.5. The molecule has 1 amide bonds. The second kappa shape index (κ2) is 8.87. The maximum Gasteiger partial charge on any atom is 0.264 e. The number of fused-ring (bicyclic) bond motifs is 1. The zero-order valence-electron chi connectivity index (χ0n) is 18.6.